The largest absolute Gasteiger partial charge is 0.343 e. The Labute approximate surface area is 177 Å². The van der Waals surface area contributed by atoms with Crippen molar-refractivity contribution in [1.29, 1.82) is 0 Å². The zero-order valence-electron chi connectivity index (χ0n) is 16.3. The van der Waals surface area contributed by atoms with E-state index in [2.05, 4.69) is 36.7 Å². The predicted molar refractivity (Wildman–Crippen MR) is 109 cm³/mol. The van der Waals surface area contributed by atoms with E-state index in [4.69, 9.17) is 4.52 Å². The van der Waals surface area contributed by atoms with E-state index < -0.39 is 5.54 Å². The third-order valence-corrected chi connectivity index (χ3v) is 5.70. The lowest BCUT2D eigenvalue weighted by Crippen LogP contribution is -2.45. The fourth-order valence-corrected chi connectivity index (χ4v) is 4.10. The number of carbonyl (C=O) groups excluding carboxylic acids is 2. The van der Waals surface area contributed by atoms with Crippen LogP contribution in [0.15, 0.2) is 27.2 Å². The van der Waals surface area contributed by atoms with E-state index in [9.17, 15) is 14.0 Å². The van der Waals surface area contributed by atoms with Crippen LogP contribution in [0.3, 0.4) is 0 Å². The second kappa shape index (κ2) is 9.47. The lowest BCUT2D eigenvalue weighted by Gasteiger charge is -2.30. The zero-order chi connectivity index (χ0) is 20.9. The summed E-state index contributed by atoms with van der Waals surface area (Å²) in [4.78, 5) is 28.5. The van der Waals surface area contributed by atoms with Crippen molar-refractivity contribution in [3.63, 3.8) is 0 Å². The summed E-state index contributed by atoms with van der Waals surface area (Å²) in [5, 5.41) is 9.87. The van der Waals surface area contributed by atoms with Gasteiger partial charge in [-0.25, -0.2) is 4.39 Å². The summed E-state index contributed by atoms with van der Waals surface area (Å²) < 4.78 is 19.0. The predicted octanol–water partition coefficient (Wildman–Crippen LogP) is 4.23. The first kappa shape index (κ1) is 21.4. The van der Waals surface area contributed by atoms with Gasteiger partial charge in [0.25, 0.3) is 0 Å². The zero-order valence-corrected chi connectivity index (χ0v) is 17.9. The number of aryl methyl sites for hydroxylation is 1. The third kappa shape index (κ3) is 5.62. The summed E-state index contributed by atoms with van der Waals surface area (Å²) in [6.45, 7) is 1.49. The Balaban J connectivity index is 1.64. The molecule has 0 saturated heterocycles. The van der Waals surface area contributed by atoms with Crippen LogP contribution >= 0.6 is 15.9 Å². The molecule has 2 N–H and O–H groups in total. The van der Waals surface area contributed by atoms with Gasteiger partial charge in [-0.05, 0) is 47.0 Å². The van der Waals surface area contributed by atoms with Crippen LogP contribution in [0.1, 0.15) is 63.6 Å². The van der Waals surface area contributed by atoms with Gasteiger partial charge < -0.3 is 15.2 Å². The van der Waals surface area contributed by atoms with Crippen molar-refractivity contribution in [2.75, 3.05) is 5.32 Å². The standard InChI is InChI=1S/C20H24BrFN4O3/c1-13(27)25-20(10-4-2-3-5-11-20)19-24-18(29-26-19)9-8-17(28)23-16-7-6-14(22)12-15(16)21/h6-7,12H,2-5,8-11H2,1H3,(H,23,28)(H,25,27). The molecule has 0 bridgehead atoms. The first-order valence-electron chi connectivity index (χ1n) is 9.75. The van der Waals surface area contributed by atoms with Crippen LogP contribution in [0.2, 0.25) is 0 Å². The third-order valence-electron chi connectivity index (χ3n) is 5.04. The number of aromatic nitrogens is 2. The average molecular weight is 467 g/mol. The molecule has 1 aromatic carbocycles. The Morgan fingerprint density at radius 3 is 2.62 bits per heavy atom. The van der Waals surface area contributed by atoms with Gasteiger partial charge in [0.1, 0.15) is 11.4 Å². The summed E-state index contributed by atoms with van der Waals surface area (Å²) in [5.41, 5.74) is -0.114. The highest BCUT2D eigenvalue weighted by Gasteiger charge is 2.38. The fraction of sp³-hybridized carbons (Fsp3) is 0.500. The number of nitrogens with one attached hydrogen (secondary N) is 2. The second-order valence-corrected chi connectivity index (χ2v) is 8.22. The van der Waals surface area contributed by atoms with Crippen LogP contribution in [-0.2, 0) is 21.5 Å². The maximum Gasteiger partial charge on any atom is 0.227 e. The highest BCUT2D eigenvalue weighted by Crippen LogP contribution is 2.34. The number of amides is 2. The average Bonchev–Trinajstić information content (AvgIpc) is 3.02. The smallest absolute Gasteiger partial charge is 0.227 e. The number of anilines is 1. The summed E-state index contributed by atoms with van der Waals surface area (Å²) in [6, 6.07) is 4.05. The lowest BCUT2D eigenvalue weighted by atomic mass is 9.89. The van der Waals surface area contributed by atoms with E-state index >= 15 is 0 Å². The summed E-state index contributed by atoms with van der Waals surface area (Å²) in [5.74, 6) is 0.0686. The minimum Gasteiger partial charge on any atom is -0.343 e. The van der Waals surface area contributed by atoms with E-state index in [0.29, 0.717) is 21.9 Å². The molecule has 1 saturated carbocycles. The number of hydrogen-bond acceptors (Lipinski definition) is 5. The fourth-order valence-electron chi connectivity index (χ4n) is 3.65. The summed E-state index contributed by atoms with van der Waals surface area (Å²) >= 11 is 3.22. The molecule has 2 amide bonds. The number of carbonyl (C=O) groups is 2. The van der Waals surface area contributed by atoms with Crippen molar-refractivity contribution in [3.8, 4) is 0 Å². The van der Waals surface area contributed by atoms with Crippen molar-refractivity contribution in [2.45, 2.75) is 63.8 Å². The van der Waals surface area contributed by atoms with E-state index in [1.165, 1.54) is 25.1 Å². The van der Waals surface area contributed by atoms with Gasteiger partial charge in [0, 0.05) is 24.2 Å². The molecule has 1 fully saturated rings. The molecular formula is C20H24BrFN4O3. The molecule has 2 aromatic rings. The Kier molecular flexibility index (Phi) is 7.00. The lowest BCUT2D eigenvalue weighted by molar-refractivity contribution is -0.121. The van der Waals surface area contributed by atoms with Gasteiger partial charge in [-0.1, -0.05) is 30.8 Å². The minimum atomic E-state index is -0.606. The Hall–Kier alpha value is -2.29. The van der Waals surface area contributed by atoms with Crippen LogP contribution in [0.4, 0.5) is 10.1 Å². The normalized spacial score (nSPS) is 16.1. The Bertz CT molecular complexity index is 878. The van der Waals surface area contributed by atoms with Gasteiger partial charge in [0.2, 0.25) is 17.7 Å². The van der Waals surface area contributed by atoms with E-state index in [0.717, 1.165) is 38.5 Å². The maximum atomic E-state index is 13.1. The number of benzene rings is 1. The molecule has 1 heterocycles. The molecule has 0 radical (unpaired) electrons. The van der Waals surface area contributed by atoms with Crippen LogP contribution in [-0.4, -0.2) is 22.0 Å². The molecule has 0 atom stereocenters. The van der Waals surface area contributed by atoms with Crippen molar-refractivity contribution in [1.82, 2.24) is 15.5 Å². The summed E-state index contributed by atoms with van der Waals surface area (Å²) in [7, 11) is 0. The van der Waals surface area contributed by atoms with Crippen LogP contribution in [0, 0.1) is 5.82 Å². The number of halogens is 2. The number of nitrogens with zero attached hydrogens (tertiary/aromatic N) is 2. The van der Waals surface area contributed by atoms with Crippen LogP contribution < -0.4 is 10.6 Å². The maximum absolute atomic E-state index is 13.1. The molecule has 0 spiro atoms. The molecule has 9 heteroatoms. The van der Waals surface area contributed by atoms with Gasteiger partial charge in [0.05, 0.1) is 5.69 Å². The number of rotatable bonds is 6. The van der Waals surface area contributed by atoms with Crippen LogP contribution in [0.5, 0.6) is 0 Å². The van der Waals surface area contributed by atoms with Crippen molar-refractivity contribution in [2.24, 2.45) is 0 Å². The Morgan fingerprint density at radius 2 is 1.97 bits per heavy atom. The second-order valence-electron chi connectivity index (χ2n) is 7.36. The molecule has 1 aromatic heterocycles. The van der Waals surface area contributed by atoms with Gasteiger partial charge in [-0.2, -0.15) is 4.98 Å². The number of hydrogen-bond donors (Lipinski definition) is 2. The molecular weight excluding hydrogens is 443 g/mol. The van der Waals surface area contributed by atoms with Crippen molar-refractivity contribution < 1.29 is 18.5 Å². The van der Waals surface area contributed by atoms with Gasteiger partial charge in [-0.3, -0.25) is 9.59 Å². The van der Waals surface area contributed by atoms with Gasteiger partial charge in [-0.15, -0.1) is 0 Å². The Morgan fingerprint density at radius 1 is 1.24 bits per heavy atom. The molecule has 3 rings (SSSR count). The molecule has 0 unspecified atom stereocenters. The van der Waals surface area contributed by atoms with Crippen molar-refractivity contribution >= 4 is 33.4 Å². The van der Waals surface area contributed by atoms with Crippen molar-refractivity contribution in [3.05, 3.63) is 40.2 Å². The first-order chi connectivity index (χ1) is 13.9. The quantitative estimate of drug-likeness (QED) is 0.620. The molecule has 7 nitrogen and oxygen atoms in total. The van der Waals surface area contributed by atoms with E-state index in [1.807, 2.05) is 0 Å². The van der Waals surface area contributed by atoms with E-state index in [-0.39, 0.29) is 30.5 Å². The first-order valence-corrected chi connectivity index (χ1v) is 10.5. The SMILES string of the molecule is CC(=O)NC1(c2noc(CCC(=O)Nc3ccc(F)cc3Br)n2)CCCCCC1. The highest BCUT2D eigenvalue weighted by atomic mass is 79.9. The molecule has 29 heavy (non-hydrogen) atoms. The summed E-state index contributed by atoms with van der Waals surface area (Å²) in [6.07, 6.45) is 6.15. The molecule has 1 aliphatic carbocycles. The minimum absolute atomic E-state index is 0.123. The molecule has 156 valence electrons. The highest BCUT2D eigenvalue weighted by molar-refractivity contribution is 9.10. The molecule has 1 aliphatic rings. The van der Waals surface area contributed by atoms with E-state index in [1.54, 1.807) is 0 Å². The monoisotopic (exact) mass is 466 g/mol. The van der Waals surface area contributed by atoms with Gasteiger partial charge in [0.15, 0.2) is 5.82 Å². The molecule has 0 aliphatic heterocycles. The topological polar surface area (TPSA) is 97.1 Å². The van der Waals surface area contributed by atoms with Crippen LogP contribution in [0.25, 0.3) is 0 Å². The van der Waals surface area contributed by atoms with Gasteiger partial charge >= 0.3 is 0 Å².